The van der Waals surface area contributed by atoms with Crippen LogP contribution in [0.25, 0.3) is 0 Å². The molecule has 2 unspecified atom stereocenters. The molecule has 3 aliphatic rings. The van der Waals surface area contributed by atoms with Gasteiger partial charge >= 0.3 is 0 Å². The molecule has 0 saturated carbocycles. The number of rotatable bonds is 5. The predicted octanol–water partition coefficient (Wildman–Crippen LogP) is 3.05. The Hall–Kier alpha value is -1.48. The van der Waals surface area contributed by atoms with Gasteiger partial charge < -0.3 is 9.64 Å². The van der Waals surface area contributed by atoms with Crippen molar-refractivity contribution in [3.8, 4) is 0 Å². The van der Waals surface area contributed by atoms with Crippen molar-refractivity contribution in [3.63, 3.8) is 0 Å². The molecular weight excluding hydrogens is 450 g/mol. The summed E-state index contributed by atoms with van der Waals surface area (Å²) in [5.41, 5.74) is 1.83. The van der Waals surface area contributed by atoms with Crippen LogP contribution < -0.4 is 0 Å². The zero-order valence-corrected chi connectivity index (χ0v) is 22.0. The summed E-state index contributed by atoms with van der Waals surface area (Å²) in [6, 6.07) is 5.46. The number of likely N-dealkylation sites (tertiary alicyclic amines) is 1. The van der Waals surface area contributed by atoms with Gasteiger partial charge in [-0.05, 0) is 70.9 Å². The molecule has 3 saturated heterocycles. The van der Waals surface area contributed by atoms with Crippen molar-refractivity contribution >= 4 is 15.9 Å². The number of benzene rings is 1. The lowest BCUT2D eigenvalue weighted by Gasteiger charge is -2.40. The molecule has 0 bridgehead atoms. The molecule has 2 atom stereocenters. The maximum atomic E-state index is 13.2. The molecule has 0 spiro atoms. The highest BCUT2D eigenvalue weighted by atomic mass is 32.2. The zero-order chi connectivity index (χ0) is 24.5. The van der Waals surface area contributed by atoms with Crippen molar-refractivity contribution in [2.24, 2.45) is 11.8 Å². The molecule has 1 amide bonds. The number of carbonyl (C=O) groups excluding carboxylic acids is 1. The summed E-state index contributed by atoms with van der Waals surface area (Å²) in [6.45, 7) is 13.6. The first-order valence-electron chi connectivity index (χ1n) is 12.9. The highest BCUT2D eigenvalue weighted by Crippen LogP contribution is 2.29. The predicted molar refractivity (Wildman–Crippen MR) is 133 cm³/mol. The van der Waals surface area contributed by atoms with Gasteiger partial charge in [-0.3, -0.25) is 9.69 Å². The van der Waals surface area contributed by atoms with Crippen LogP contribution in [0.2, 0.25) is 0 Å². The average molecular weight is 492 g/mol. The van der Waals surface area contributed by atoms with Crippen LogP contribution in [-0.2, 0) is 19.6 Å². The molecule has 34 heavy (non-hydrogen) atoms. The Morgan fingerprint density at radius 3 is 2.18 bits per heavy atom. The van der Waals surface area contributed by atoms with Crippen LogP contribution in [0.4, 0.5) is 0 Å². The lowest BCUT2D eigenvalue weighted by atomic mass is 9.92. The molecular formula is C26H41N3O4S. The smallest absolute Gasteiger partial charge is 0.243 e. The fourth-order valence-electron chi connectivity index (χ4n) is 5.96. The monoisotopic (exact) mass is 491 g/mol. The van der Waals surface area contributed by atoms with Gasteiger partial charge in [-0.25, -0.2) is 8.42 Å². The number of nitrogens with zero attached hydrogens (tertiary/aromatic N) is 3. The van der Waals surface area contributed by atoms with Gasteiger partial charge in [-0.1, -0.05) is 17.7 Å². The standard InChI is InChI=1S/C26H41N3O4S/c1-19-5-6-25(20(2)15-19)34(31,32)29-13-9-24(10-14-29)26(30)28-11-7-23(8-12-28)18-27-16-21(3)33-22(4)17-27/h5-6,15,21-24H,7-14,16-18H2,1-4H3. The van der Waals surface area contributed by atoms with Crippen LogP contribution in [0.15, 0.2) is 23.1 Å². The van der Waals surface area contributed by atoms with Crippen LogP contribution in [0.1, 0.15) is 50.7 Å². The number of carbonyl (C=O) groups is 1. The van der Waals surface area contributed by atoms with E-state index in [0.717, 1.165) is 56.7 Å². The molecule has 7 nitrogen and oxygen atoms in total. The molecule has 1 aromatic rings. The first kappa shape index (κ1) is 25.6. The number of hydrogen-bond donors (Lipinski definition) is 0. The number of morpholine rings is 1. The third kappa shape index (κ3) is 5.83. The van der Waals surface area contributed by atoms with Gasteiger partial charge in [0.1, 0.15) is 0 Å². The summed E-state index contributed by atoms with van der Waals surface area (Å²) in [5.74, 6) is 0.782. The summed E-state index contributed by atoms with van der Waals surface area (Å²) in [4.78, 5) is 18.1. The van der Waals surface area contributed by atoms with Gasteiger partial charge in [0.25, 0.3) is 0 Å². The highest BCUT2D eigenvalue weighted by molar-refractivity contribution is 7.89. The van der Waals surface area contributed by atoms with E-state index in [2.05, 4.69) is 18.7 Å². The lowest BCUT2D eigenvalue weighted by Crippen LogP contribution is -2.50. The summed E-state index contributed by atoms with van der Waals surface area (Å²) in [6.07, 6.45) is 3.88. The van der Waals surface area contributed by atoms with E-state index in [1.54, 1.807) is 10.4 Å². The van der Waals surface area contributed by atoms with Crippen LogP contribution in [-0.4, -0.2) is 86.5 Å². The van der Waals surface area contributed by atoms with E-state index in [-0.39, 0.29) is 24.0 Å². The Kier molecular flexibility index (Phi) is 8.02. The van der Waals surface area contributed by atoms with E-state index in [9.17, 15) is 13.2 Å². The minimum Gasteiger partial charge on any atom is -0.373 e. The molecule has 3 fully saturated rings. The summed E-state index contributed by atoms with van der Waals surface area (Å²) in [5, 5.41) is 0. The normalized spacial score (nSPS) is 26.6. The van der Waals surface area contributed by atoms with E-state index >= 15 is 0 Å². The van der Waals surface area contributed by atoms with Crippen molar-refractivity contribution in [1.82, 2.24) is 14.1 Å². The average Bonchev–Trinajstić information content (AvgIpc) is 2.78. The minimum atomic E-state index is -3.52. The number of piperidine rings is 2. The zero-order valence-electron chi connectivity index (χ0n) is 21.2. The fourth-order valence-corrected chi connectivity index (χ4v) is 7.64. The summed E-state index contributed by atoms with van der Waals surface area (Å²) >= 11 is 0. The Morgan fingerprint density at radius 2 is 1.59 bits per heavy atom. The number of ether oxygens (including phenoxy) is 1. The number of amides is 1. The minimum absolute atomic E-state index is 0.0666. The van der Waals surface area contributed by atoms with Crippen LogP contribution >= 0.6 is 0 Å². The topological polar surface area (TPSA) is 70.2 Å². The number of sulfonamides is 1. The maximum Gasteiger partial charge on any atom is 0.243 e. The van der Waals surface area contributed by atoms with E-state index in [0.29, 0.717) is 36.7 Å². The summed E-state index contributed by atoms with van der Waals surface area (Å²) < 4.78 is 33.7. The van der Waals surface area contributed by atoms with Gasteiger partial charge in [0.15, 0.2) is 0 Å². The SMILES string of the molecule is Cc1ccc(S(=O)(=O)N2CCC(C(=O)N3CCC(CN4CC(C)OC(C)C4)CC3)CC2)c(C)c1. The third-order valence-electron chi connectivity index (χ3n) is 7.69. The van der Waals surface area contributed by atoms with Crippen molar-refractivity contribution in [3.05, 3.63) is 29.3 Å². The van der Waals surface area contributed by atoms with E-state index in [4.69, 9.17) is 4.74 Å². The molecule has 190 valence electrons. The molecule has 8 heteroatoms. The van der Waals surface area contributed by atoms with Crippen molar-refractivity contribution in [2.45, 2.75) is 70.5 Å². The highest BCUT2D eigenvalue weighted by Gasteiger charge is 2.35. The van der Waals surface area contributed by atoms with Crippen molar-refractivity contribution in [1.29, 1.82) is 0 Å². The van der Waals surface area contributed by atoms with Crippen LogP contribution in [0.5, 0.6) is 0 Å². The molecule has 0 aromatic heterocycles. The second-order valence-electron chi connectivity index (χ2n) is 10.7. The van der Waals surface area contributed by atoms with Gasteiger partial charge in [-0.15, -0.1) is 0 Å². The first-order chi connectivity index (χ1) is 16.1. The van der Waals surface area contributed by atoms with E-state index in [1.807, 2.05) is 30.9 Å². The molecule has 4 rings (SSSR count). The second-order valence-corrected chi connectivity index (χ2v) is 12.6. The first-order valence-corrected chi connectivity index (χ1v) is 14.3. The third-order valence-corrected chi connectivity index (χ3v) is 9.75. The Labute approximate surface area is 205 Å². The molecule has 0 radical (unpaired) electrons. The van der Waals surface area contributed by atoms with Gasteiger partial charge in [0.05, 0.1) is 17.1 Å². The van der Waals surface area contributed by atoms with Crippen molar-refractivity contribution in [2.75, 3.05) is 45.8 Å². The lowest BCUT2D eigenvalue weighted by molar-refractivity contribution is -0.138. The van der Waals surface area contributed by atoms with E-state index < -0.39 is 10.0 Å². The van der Waals surface area contributed by atoms with E-state index in [1.165, 1.54) is 0 Å². The summed E-state index contributed by atoms with van der Waals surface area (Å²) in [7, 11) is -3.52. The van der Waals surface area contributed by atoms with Crippen LogP contribution in [0.3, 0.4) is 0 Å². The Balaban J connectivity index is 1.25. The second kappa shape index (κ2) is 10.6. The quantitative estimate of drug-likeness (QED) is 0.633. The van der Waals surface area contributed by atoms with Gasteiger partial charge in [0.2, 0.25) is 15.9 Å². The molecule has 1 aromatic carbocycles. The maximum absolute atomic E-state index is 13.2. The fraction of sp³-hybridized carbons (Fsp3) is 0.731. The molecule has 3 aliphatic heterocycles. The number of hydrogen-bond acceptors (Lipinski definition) is 5. The Morgan fingerprint density at radius 1 is 0.971 bits per heavy atom. The largest absolute Gasteiger partial charge is 0.373 e. The molecule has 3 heterocycles. The Bertz CT molecular complexity index is 956. The van der Waals surface area contributed by atoms with Gasteiger partial charge in [0, 0.05) is 51.7 Å². The van der Waals surface area contributed by atoms with Gasteiger partial charge in [-0.2, -0.15) is 4.31 Å². The molecule has 0 N–H and O–H groups in total. The van der Waals surface area contributed by atoms with Crippen molar-refractivity contribution < 1.29 is 17.9 Å². The number of aryl methyl sites for hydroxylation is 2. The molecule has 0 aliphatic carbocycles. The van der Waals surface area contributed by atoms with Crippen LogP contribution in [0, 0.1) is 25.7 Å².